The predicted octanol–water partition coefficient (Wildman–Crippen LogP) is 2.92. The van der Waals surface area contributed by atoms with E-state index in [2.05, 4.69) is 41.4 Å². The van der Waals surface area contributed by atoms with E-state index in [1.807, 2.05) is 0 Å². The van der Waals surface area contributed by atoms with Gasteiger partial charge < -0.3 is 16.4 Å². The Morgan fingerprint density at radius 1 is 1.36 bits per heavy atom. The second-order valence-electron chi connectivity index (χ2n) is 6.66. The molecule has 1 fully saturated rings. The van der Waals surface area contributed by atoms with E-state index in [0.29, 0.717) is 23.4 Å². The van der Waals surface area contributed by atoms with Crippen LogP contribution in [0.15, 0.2) is 6.20 Å². The van der Waals surface area contributed by atoms with Gasteiger partial charge >= 0.3 is 0 Å². The first-order valence-corrected chi connectivity index (χ1v) is 8.13. The minimum absolute atomic E-state index is 0.166. The molecule has 1 aromatic heterocycles. The maximum Gasteiger partial charge on any atom is 0.254 e. The number of nitrogens with two attached hydrogens (primary N) is 1. The average Bonchev–Trinajstić information content (AvgIpc) is 2.48. The molecule has 0 atom stereocenters. The van der Waals surface area contributed by atoms with Gasteiger partial charge in [-0.2, -0.15) is 4.98 Å². The van der Waals surface area contributed by atoms with E-state index in [-0.39, 0.29) is 5.54 Å². The molecule has 6 nitrogen and oxygen atoms in total. The van der Waals surface area contributed by atoms with Gasteiger partial charge in [0.2, 0.25) is 5.95 Å². The summed E-state index contributed by atoms with van der Waals surface area (Å²) in [5, 5.41) is 6.68. The molecular weight excluding hydrogens is 278 g/mol. The molecule has 1 aliphatic rings. The van der Waals surface area contributed by atoms with Crippen LogP contribution in [0.1, 0.15) is 69.7 Å². The molecule has 6 heteroatoms. The van der Waals surface area contributed by atoms with Crippen molar-refractivity contribution in [3.8, 4) is 0 Å². The van der Waals surface area contributed by atoms with Gasteiger partial charge in [-0.25, -0.2) is 4.98 Å². The van der Waals surface area contributed by atoms with Crippen LogP contribution >= 0.6 is 0 Å². The number of aromatic nitrogens is 2. The number of hydrogen-bond donors (Lipinski definition) is 3. The minimum Gasteiger partial charge on any atom is -0.365 e. The number of carbonyl (C=O) groups excluding carboxylic acids is 1. The summed E-state index contributed by atoms with van der Waals surface area (Å²) in [4.78, 5) is 20.3. The number of amides is 1. The third kappa shape index (κ3) is 4.32. The quantitative estimate of drug-likeness (QED) is 0.751. The van der Waals surface area contributed by atoms with Gasteiger partial charge in [-0.05, 0) is 33.1 Å². The predicted molar refractivity (Wildman–Crippen MR) is 89.0 cm³/mol. The summed E-state index contributed by atoms with van der Waals surface area (Å²) < 4.78 is 0. The summed E-state index contributed by atoms with van der Waals surface area (Å²) in [5.74, 6) is 0.553. The lowest BCUT2D eigenvalue weighted by molar-refractivity contribution is 0.100. The highest BCUT2D eigenvalue weighted by atomic mass is 16.1. The number of hydrogen-bond acceptors (Lipinski definition) is 5. The van der Waals surface area contributed by atoms with Gasteiger partial charge in [0.1, 0.15) is 5.82 Å². The molecule has 0 spiro atoms. The fraction of sp³-hybridized carbons (Fsp3) is 0.688. The molecule has 0 unspecified atom stereocenters. The van der Waals surface area contributed by atoms with Crippen LogP contribution in [0.3, 0.4) is 0 Å². The van der Waals surface area contributed by atoms with Crippen molar-refractivity contribution < 1.29 is 4.79 Å². The van der Waals surface area contributed by atoms with E-state index in [4.69, 9.17) is 5.73 Å². The molecule has 0 radical (unpaired) electrons. The second kappa shape index (κ2) is 6.94. The molecule has 1 aliphatic carbocycles. The largest absolute Gasteiger partial charge is 0.365 e. The van der Waals surface area contributed by atoms with Crippen molar-refractivity contribution in [3.05, 3.63) is 11.8 Å². The highest BCUT2D eigenvalue weighted by molar-refractivity contribution is 5.97. The molecule has 22 heavy (non-hydrogen) atoms. The Kier molecular flexibility index (Phi) is 5.21. The van der Waals surface area contributed by atoms with Crippen molar-refractivity contribution in [2.45, 2.75) is 70.9 Å². The van der Waals surface area contributed by atoms with Gasteiger partial charge in [0.15, 0.2) is 0 Å². The lowest BCUT2D eigenvalue weighted by atomic mass is 9.96. The zero-order valence-electron chi connectivity index (χ0n) is 13.8. The number of carbonyl (C=O) groups is 1. The van der Waals surface area contributed by atoms with E-state index < -0.39 is 5.91 Å². The standard InChI is InChI=1S/C16H27N5O/c1-4-16(2,3)21-14-12(13(17)22)10-18-15(20-14)19-11-8-6-5-7-9-11/h10-11H,4-9H2,1-3H3,(H2,17,22)(H2,18,19,20,21). The summed E-state index contributed by atoms with van der Waals surface area (Å²) in [6.07, 6.45) is 8.48. The highest BCUT2D eigenvalue weighted by Gasteiger charge is 2.21. The molecule has 1 heterocycles. The van der Waals surface area contributed by atoms with Crippen molar-refractivity contribution in [1.82, 2.24) is 9.97 Å². The third-order valence-electron chi connectivity index (χ3n) is 4.33. The summed E-state index contributed by atoms with van der Waals surface area (Å²) in [6, 6.07) is 0.417. The topological polar surface area (TPSA) is 92.9 Å². The second-order valence-corrected chi connectivity index (χ2v) is 6.66. The van der Waals surface area contributed by atoms with Crippen LogP contribution in [0, 0.1) is 0 Å². The van der Waals surface area contributed by atoms with Crippen LogP contribution in [0.4, 0.5) is 11.8 Å². The van der Waals surface area contributed by atoms with Crippen LogP contribution in [0.5, 0.6) is 0 Å². The number of anilines is 2. The smallest absolute Gasteiger partial charge is 0.254 e. The Labute approximate surface area is 132 Å². The van der Waals surface area contributed by atoms with E-state index in [1.165, 1.54) is 25.5 Å². The molecule has 122 valence electrons. The van der Waals surface area contributed by atoms with Crippen LogP contribution in [-0.4, -0.2) is 27.5 Å². The summed E-state index contributed by atoms with van der Waals surface area (Å²) in [5.41, 5.74) is 5.59. The number of nitrogens with one attached hydrogen (secondary N) is 2. The SMILES string of the molecule is CCC(C)(C)Nc1nc(NC2CCCCC2)ncc1C(N)=O. The Hall–Kier alpha value is -1.85. The van der Waals surface area contributed by atoms with E-state index in [0.717, 1.165) is 19.3 Å². The lowest BCUT2D eigenvalue weighted by Crippen LogP contribution is -2.32. The summed E-state index contributed by atoms with van der Waals surface area (Å²) in [6.45, 7) is 6.21. The van der Waals surface area contributed by atoms with E-state index in [9.17, 15) is 4.79 Å². The Bertz CT molecular complexity index is 523. The van der Waals surface area contributed by atoms with Crippen molar-refractivity contribution in [2.75, 3.05) is 10.6 Å². The minimum atomic E-state index is -0.515. The normalized spacial score (nSPS) is 16.3. The number of primary amides is 1. The van der Waals surface area contributed by atoms with Crippen LogP contribution in [-0.2, 0) is 0 Å². The van der Waals surface area contributed by atoms with Crippen molar-refractivity contribution in [2.24, 2.45) is 5.73 Å². The van der Waals surface area contributed by atoms with Gasteiger partial charge in [-0.1, -0.05) is 26.2 Å². The fourth-order valence-electron chi connectivity index (χ4n) is 2.57. The molecule has 2 rings (SSSR count). The first-order valence-electron chi connectivity index (χ1n) is 8.13. The van der Waals surface area contributed by atoms with Gasteiger partial charge in [0.05, 0.1) is 5.56 Å². The number of rotatable bonds is 6. The molecule has 1 aromatic rings. The van der Waals surface area contributed by atoms with E-state index in [1.54, 1.807) is 0 Å². The highest BCUT2D eigenvalue weighted by Crippen LogP contribution is 2.23. The average molecular weight is 305 g/mol. The van der Waals surface area contributed by atoms with Crippen molar-refractivity contribution >= 4 is 17.7 Å². The molecule has 1 saturated carbocycles. The van der Waals surface area contributed by atoms with Gasteiger partial charge in [-0.15, -0.1) is 0 Å². The van der Waals surface area contributed by atoms with Crippen molar-refractivity contribution in [1.29, 1.82) is 0 Å². The van der Waals surface area contributed by atoms with Crippen LogP contribution in [0.25, 0.3) is 0 Å². The Balaban J connectivity index is 2.20. The molecular formula is C16H27N5O. The maximum absolute atomic E-state index is 11.6. The van der Waals surface area contributed by atoms with Crippen LogP contribution < -0.4 is 16.4 Å². The van der Waals surface area contributed by atoms with Crippen molar-refractivity contribution in [3.63, 3.8) is 0 Å². The summed E-state index contributed by atoms with van der Waals surface area (Å²) in [7, 11) is 0. The van der Waals surface area contributed by atoms with Gasteiger partial charge in [-0.3, -0.25) is 4.79 Å². The molecule has 1 amide bonds. The molecule has 0 aromatic carbocycles. The number of nitrogens with zero attached hydrogens (tertiary/aromatic N) is 2. The first kappa shape index (κ1) is 16.5. The molecule has 0 bridgehead atoms. The third-order valence-corrected chi connectivity index (χ3v) is 4.33. The molecule has 0 saturated heterocycles. The van der Waals surface area contributed by atoms with Crippen LogP contribution in [0.2, 0.25) is 0 Å². The molecule has 0 aliphatic heterocycles. The Morgan fingerprint density at radius 3 is 2.64 bits per heavy atom. The summed E-state index contributed by atoms with van der Waals surface area (Å²) >= 11 is 0. The Morgan fingerprint density at radius 2 is 2.05 bits per heavy atom. The zero-order valence-corrected chi connectivity index (χ0v) is 13.8. The zero-order chi connectivity index (χ0) is 16.2. The maximum atomic E-state index is 11.6. The fourth-order valence-corrected chi connectivity index (χ4v) is 2.57. The first-order chi connectivity index (χ1) is 10.4. The monoisotopic (exact) mass is 305 g/mol. The van der Waals surface area contributed by atoms with E-state index >= 15 is 0 Å². The van der Waals surface area contributed by atoms with Gasteiger partial charge in [0.25, 0.3) is 5.91 Å². The molecule has 4 N–H and O–H groups in total. The van der Waals surface area contributed by atoms with Gasteiger partial charge in [0, 0.05) is 17.8 Å². The lowest BCUT2D eigenvalue weighted by Gasteiger charge is -2.27.